The molecule has 0 aliphatic carbocycles. The van der Waals surface area contributed by atoms with Crippen LogP contribution in [0.1, 0.15) is 22.0 Å². The number of aliphatic carboxylic acids is 1. The van der Waals surface area contributed by atoms with Gasteiger partial charge < -0.3 is 15.2 Å². The van der Waals surface area contributed by atoms with Crippen LogP contribution >= 0.6 is 0 Å². The highest BCUT2D eigenvalue weighted by atomic mass is 16.5. The molecule has 110 valence electrons. The maximum atomic E-state index is 11.5. The second-order valence-corrected chi connectivity index (χ2v) is 4.28. The van der Waals surface area contributed by atoms with Crippen molar-refractivity contribution in [3.8, 4) is 0 Å². The Morgan fingerprint density at radius 2 is 2.24 bits per heavy atom. The molecule has 0 spiro atoms. The van der Waals surface area contributed by atoms with E-state index >= 15 is 0 Å². The first-order valence-corrected chi connectivity index (χ1v) is 6.03. The first-order valence-electron chi connectivity index (χ1n) is 6.03. The number of hydrogen-bond acceptors (Lipinski definition) is 6. The number of methoxy groups -OCH3 is 1. The molecular weight excluding hydrogens is 276 g/mol. The predicted molar refractivity (Wildman–Crippen MR) is 72.8 cm³/mol. The molecule has 2 aromatic heterocycles. The van der Waals surface area contributed by atoms with Crippen molar-refractivity contribution in [2.24, 2.45) is 7.05 Å². The molecule has 0 fully saturated rings. The summed E-state index contributed by atoms with van der Waals surface area (Å²) in [4.78, 5) is 26.8. The zero-order valence-corrected chi connectivity index (χ0v) is 11.5. The van der Waals surface area contributed by atoms with Crippen molar-refractivity contribution in [3.05, 3.63) is 41.9 Å². The summed E-state index contributed by atoms with van der Waals surface area (Å²) < 4.78 is 6.11. The number of anilines is 1. The Morgan fingerprint density at radius 1 is 1.48 bits per heavy atom. The molecule has 21 heavy (non-hydrogen) atoms. The molecule has 0 saturated carbocycles. The largest absolute Gasteiger partial charge is 0.479 e. The number of ether oxygens (including phenoxy) is 1. The normalized spacial score (nSPS) is 11.7. The SMILES string of the molecule is COC(=O)c1ccnc(NC(C(=O)O)c2cnn(C)c2)c1. The van der Waals surface area contributed by atoms with Gasteiger partial charge in [-0.3, -0.25) is 4.68 Å². The number of esters is 1. The predicted octanol–water partition coefficient (Wildman–Crippen LogP) is 0.839. The van der Waals surface area contributed by atoms with Crippen LogP contribution in [0.15, 0.2) is 30.7 Å². The second-order valence-electron chi connectivity index (χ2n) is 4.28. The number of carbonyl (C=O) groups is 2. The van der Waals surface area contributed by atoms with Gasteiger partial charge >= 0.3 is 11.9 Å². The topological polar surface area (TPSA) is 106 Å². The van der Waals surface area contributed by atoms with Crippen LogP contribution in [0.2, 0.25) is 0 Å². The number of aromatic nitrogens is 3. The van der Waals surface area contributed by atoms with Gasteiger partial charge in [-0.05, 0) is 12.1 Å². The lowest BCUT2D eigenvalue weighted by Crippen LogP contribution is -2.21. The molecule has 0 aromatic carbocycles. The number of carbonyl (C=O) groups excluding carboxylic acids is 1. The van der Waals surface area contributed by atoms with E-state index in [-0.39, 0.29) is 11.4 Å². The number of nitrogens with one attached hydrogen (secondary N) is 1. The lowest BCUT2D eigenvalue weighted by molar-refractivity contribution is -0.138. The van der Waals surface area contributed by atoms with Crippen LogP contribution in [0.5, 0.6) is 0 Å². The van der Waals surface area contributed by atoms with E-state index in [0.717, 1.165) is 0 Å². The zero-order chi connectivity index (χ0) is 15.4. The van der Waals surface area contributed by atoms with Gasteiger partial charge in [0, 0.05) is 25.0 Å². The second kappa shape index (κ2) is 6.04. The fraction of sp³-hybridized carbons (Fsp3) is 0.231. The molecule has 0 aliphatic heterocycles. The Labute approximate surface area is 120 Å². The van der Waals surface area contributed by atoms with E-state index in [2.05, 4.69) is 20.1 Å². The summed E-state index contributed by atoms with van der Waals surface area (Å²) in [6, 6.07) is 1.90. The van der Waals surface area contributed by atoms with Gasteiger partial charge in [0.2, 0.25) is 0 Å². The smallest absolute Gasteiger partial charge is 0.338 e. The molecule has 1 atom stereocenters. The van der Waals surface area contributed by atoms with Crippen LogP contribution in [0.25, 0.3) is 0 Å². The van der Waals surface area contributed by atoms with Crippen molar-refractivity contribution in [2.75, 3.05) is 12.4 Å². The summed E-state index contributed by atoms with van der Waals surface area (Å²) in [7, 11) is 2.96. The number of aryl methyl sites for hydroxylation is 1. The zero-order valence-electron chi connectivity index (χ0n) is 11.5. The van der Waals surface area contributed by atoms with Crippen LogP contribution in [-0.4, -0.2) is 38.9 Å². The average molecular weight is 290 g/mol. The molecule has 2 heterocycles. The van der Waals surface area contributed by atoms with Crippen molar-refractivity contribution < 1.29 is 19.4 Å². The summed E-state index contributed by atoms with van der Waals surface area (Å²) in [6.07, 6.45) is 4.45. The molecule has 0 saturated heterocycles. The Hall–Kier alpha value is -2.90. The van der Waals surface area contributed by atoms with E-state index in [0.29, 0.717) is 5.56 Å². The monoisotopic (exact) mass is 290 g/mol. The van der Waals surface area contributed by atoms with Crippen LogP contribution < -0.4 is 5.32 Å². The highest BCUT2D eigenvalue weighted by molar-refractivity contribution is 5.90. The first-order chi connectivity index (χ1) is 10.0. The first kappa shape index (κ1) is 14.5. The summed E-state index contributed by atoms with van der Waals surface area (Å²) in [5, 5.41) is 16.0. The Morgan fingerprint density at radius 3 is 2.81 bits per heavy atom. The lowest BCUT2D eigenvalue weighted by Gasteiger charge is -2.13. The van der Waals surface area contributed by atoms with E-state index in [1.54, 1.807) is 13.2 Å². The van der Waals surface area contributed by atoms with Gasteiger partial charge in [0.05, 0.1) is 18.9 Å². The van der Waals surface area contributed by atoms with Crippen molar-refractivity contribution in [3.63, 3.8) is 0 Å². The molecule has 0 aliphatic rings. The number of pyridine rings is 1. The van der Waals surface area contributed by atoms with Crippen molar-refractivity contribution in [2.45, 2.75) is 6.04 Å². The summed E-state index contributed by atoms with van der Waals surface area (Å²) in [5.74, 6) is -1.34. The molecule has 2 aromatic rings. The standard InChI is InChI=1S/C13H14N4O4/c1-17-7-9(6-15-17)11(12(18)19)16-10-5-8(3-4-14-10)13(20)21-2/h3-7,11H,1-2H3,(H,14,16)(H,18,19). The van der Waals surface area contributed by atoms with Crippen LogP contribution in [0.3, 0.4) is 0 Å². The average Bonchev–Trinajstić information content (AvgIpc) is 2.90. The summed E-state index contributed by atoms with van der Waals surface area (Å²) in [6.45, 7) is 0. The maximum Gasteiger partial charge on any atom is 0.338 e. The molecule has 8 nitrogen and oxygen atoms in total. The van der Waals surface area contributed by atoms with E-state index in [1.807, 2.05) is 0 Å². The lowest BCUT2D eigenvalue weighted by atomic mass is 10.1. The fourth-order valence-electron chi connectivity index (χ4n) is 1.78. The number of rotatable bonds is 5. The maximum absolute atomic E-state index is 11.5. The Bertz CT molecular complexity index is 668. The minimum absolute atomic E-state index is 0.258. The molecule has 2 N–H and O–H groups in total. The quantitative estimate of drug-likeness (QED) is 0.786. The van der Waals surface area contributed by atoms with Crippen molar-refractivity contribution >= 4 is 17.8 Å². The van der Waals surface area contributed by atoms with Crippen LogP contribution in [0.4, 0.5) is 5.82 Å². The van der Waals surface area contributed by atoms with Gasteiger partial charge in [-0.25, -0.2) is 14.6 Å². The van der Waals surface area contributed by atoms with E-state index < -0.39 is 18.0 Å². The number of nitrogens with zero attached hydrogens (tertiary/aromatic N) is 3. The van der Waals surface area contributed by atoms with Crippen molar-refractivity contribution in [1.29, 1.82) is 0 Å². The Kier molecular flexibility index (Phi) is 4.17. The molecule has 0 amide bonds. The number of hydrogen-bond donors (Lipinski definition) is 2. The number of carboxylic acid groups (broad SMARTS) is 1. The van der Waals surface area contributed by atoms with Gasteiger partial charge in [0.25, 0.3) is 0 Å². The third-order valence-corrected chi connectivity index (χ3v) is 2.78. The molecular formula is C13H14N4O4. The van der Waals surface area contributed by atoms with Crippen LogP contribution in [-0.2, 0) is 16.6 Å². The third kappa shape index (κ3) is 3.35. The van der Waals surface area contributed by atoms with Crippen molar-refractivity contribution in [1.82, 2.24) is 14.8 Å². The van der Waals surface area contributed by atoms with E-state index in [1.165, 1.54) is 36.3 Å². The van der Waals surface area contributed by atoms with Gasteiger partial charge in [-0.2, -0.15) is 5.10 Å². The fourth-order valence-corrected chi connectivity index (χ4v) is 1.78. The van der Waals surface area contributed by atoms with Gasteiger partial charge in [-0.15, -0.1) is 0 Å². The minimum Gasteiger partial charge on any atom is -0.479 e. The molecule has 1 unspecified atom stereocenters. The van der Waals surface area contributed by atoms with Crippen LogP contribution in [0, 0.1) is 0 Å². The highest BCUT2D eigenvalue weighted by Crippen LogP contribution is 2.19. The highest BCUT2D eigenvalue weighted by Gasteiger charge is 2.22. The van der Waals surface area contributed by atoms with Gasteiger partial charge in [0.1, 0.15) is 5.82 Å². The molecule has 8 heteroatoms. The Balaban J connectivity index is 2.25. The molecule has 0 radical (unpaired) electrons. The summed E-state index contributed by atoms with van der Waals surface area (Å²) >= 11 is 0. The third-order valence-electron chi connectivity index (χ3n) is 2.78. The molecule has 0 bridgehead atoms. The van der Waals surface area contributed by atoms with E-state index in [9.17, 15) is 14.7 Å². The van der Waals surface area contributed by atoms with Gasteiger partial charge in [-0.1, -0.05) is 0 Å². The minimum atomic E-state index is -1.08. The van der Waals surface area contributed by atoms with Gasteiger partial charge in [0.15, 0.2) is 6.04 Å². The number of carboxylic acids is 1. The van der Waals surface area contributed by atoms with E-state index in [4.69, 9.17) is 0 Å². The summed E-state index contributed by atoms with van der Waals surface area (Å²) in [5.41, 5.74) is 0.764. The molecule has 2 rings (SSSR count).